The second-order valence-corrected chi connectivity index (χ2v) is 3.86. The van der Waals surface area contributed by atoms with Gasteiger partial charge in [-0.25, -0.2) is 8.42 Å². The fourth-order valence-electron chi connectivity index (χ4n) is 0.903. The fourth-order valence-corrected chi connectivity index (χ4v) is 1.12. The first-order valence-corrected chi connectivity index (χ1v) is 5.26. The second kappa shape index (κ2) is 6.54. The standard InChI is InChI=1S/C8H10O6S.K/c1-8(9,13-14-15(10,11)12)7-5-3-2-4-6-7;/h2-6,9H,1H3,(H,10,11,12);/q;+1/p-1. The third-order valence-electron chi connectivity index (χ3n) is 1.59. The Bertz CT molecular complexity index is 415. The van der Waals surface area contributed by atoms with Gasteiger partial charge in [0, 0.05) is 5.56 Å². The molecule has 0 fully saturated rings. The topological polar surface area (TPSA) is 95.9 Å². The Balaban J connectivity index is 0.00000225. The summed E-state index contributed by atoms with van der Waals surface area (Å²) < 4.78 is 33.8. The zero-order chi connectivity index (χ0) is 11.5. The predicted molar refractivity (Wildman–Crippen MR) is 47.9 cm³/mol. The minimum absolute atomic E-state index is 0. The van der Waals surface area contributed by atoms with Gasteiger partial charge in [0.05, 0.1) is 0 Å². The first kappa shape index (κ1) is 16.6. The van der Waals surface area contributed by atoms with Crippen LogP contribution < -0.4 is 51.4 Å². The van der Waals surface area contributed by atoms with Crippen molar-refractivity contribution in [1.82, 2.24) is 0 Å². The van der Waals surface area contributed by atoms with Crippen LogP contribution in [0.2, 0.25) is 0 Å². The predicted octanol–water partition coefficient (Wildman–Crippen LogP) is -2.74. The van der Waals surface area contributed by atoms with Crippen molar-refractivity contribution in [2.75, 3.05) is 0 Å². The molecule has 1 rings (SSSR count). The maximum atomic E-state index is 10.1. The molecule has 16 heavy (non-hydrogen) atoms. The molecule has 0 aliphatic heterocycles. The van der Waals surface area contributed by atoms with Crippen molar-refractivity contribution in [3.05, 3.63) is 35.9 Å². The molecule has 1 aromatic rings. The van der Waals surface area contributed by atoms with Gasteiger partial charge < -0.3 is 9.66 Å². The summed E-state index contributed by atoms with van der Waals surface area (Å²) >= 11 is 0. The Hall–Kier alpha value is 0.646. The van der Waals surface area contributed by atoms with E-state index in [1.807, 2.05) is 0 Å². The van der Waals surface area contributed by atoms with Gasteiger partial charge in [0.1, 0.15) is 0 Å². The third-order valence-corrected chi connectivity index (χ3v) is 1.82. The minimum Gasteiger partial charge on any atom is -0.724 e. The summed E-state index contributed by atoms with van der Waals surface area (Å²) in [4.78, 5) is 4.14. The van der Waals surface area contributed by atoms with Crippen molar-refractivity contribution in [2.24, 2.45) is 0 Å². The van der Waals surface area contributed by atoms with Crippen molar-refractivity contribution >= 4 is 10.4 Å². The van der Waals surface area contributed by atoms with Crippen LogP contribution in [0.1, 0.15) is 12.5 Å². The van der Waals surface area contributed by atoms with Gasteiger partial charge in [-0.15, -0.1) is 4.33 Å². The zero-order valence-electron chi connectivity index (χ0n) is 8.78. The van der Waals surface area contributed by atoms with Crippen LogP contribution in [0.25, 0.3) is 0 Å². The maximum Gasteiger partial charge on any atom is 1.00 e. The van der Waals surface area contributed by atoms with Crippen LogP contribution in [0, 0.1) is 0 Å². The number of benzene rings is 1. The Morgan fingerprint density at radius 2 is 1.81 bits per heavy atom. The summed E-state index contributed by atoms with van der Waals surface area (Å²) in [5.41, 5.74) is 0.258. The molecule has 0 aromatic heterocycles. The molecule has 0 heterocycles. The van der Waals surface area contributed by atoms with E-state index in [4.69, 9.17) is 0 Å². The van der Waals surface area contributed by atoms with Crippen LogP contribution in [-0.2, 0) is 25.4 Å². The summed E-state index contributed by atoms with van der Waals surface area (Å²) in [5, 5.41) is 9.60. The third kappa shape index (κ3) is 5.82. The Labute approximate surface area is 136 Å². The van der Waals surface area contributed by atoms with E-state index in [2.05, 4.69) is 9.22 Å². The number of hydrogen-bond acceptors (Lipinski definition) is 6. The molecular weight excluding hydrogens is 263 g/mol. The SMILES string of the molecule is CC(O)(OOS(=O)(=O)[O-])c1ccccc1.[K+]. The molecule has 6 nitrogen and oxygen atoms in total. The van der Waals surface area contributed by atoms with Crippen molar-refractivity contribution in [3.63, 3.8) is 0 Å². The molecule has 0 saturated carbocycles. The zero-order valence-corrected chi connectivity index (χ0v) is 12.7. The molecule has 0 aliphatic rings. The molecule has 84 valence electrons. The molecule has 0 radical (unpaired) electrons. The summed E-state index contributed by atoms with van der Waals surface area (Å²) in [7, 11) is -5.00. The average molecular weight is 272 g/mol. The molecule has 1 unspecified atom stereocenters. The van der Waals surface area contributed by atoms with E-state index >= 15 is 0 Å². The molecule has 0 aliphatic carbocycles. The molecule has 1 atom stereocenters. The van der Waals surface area contributed by atoms with Crippen molar-refractivity contribution < 1.29 is 78.7 Å². The Kier molecular flexibility index (Phi) is 6.81. The van der Waals surface area contributed by atoms with Crippen LogP contribution in [0.4, 0.5) is 0 Å². The number of aliphatic hydroxyl groups is 1. The van der Waals surface area contributed by atoms with Crippen LogP contribution in [0.3, 0.4) is 0 Å². The summed E-state index contributed by atoms with van der Waals surface area (Å²) in [6, 6.07) is 7.89. The molecule has 1 aromatic carbocycles. The van der Waals surface area contributed by atoms with Crippen LogP contribution >= 0.6 is 0 Å². The normalized spacial score (nSPS) is 14.9. The quantitative estimate of drug-likeness (QED) is 0.160. The largest absolute Gasteiger partial charge is 1.00 e. The van der Waals surface area contributed by atoms with E-state index in [0.717, 1.165) is 6.92 Å². The summed E-state index contributed by atoms with van der Waals surface area (Å²) in [6.07, 6.45) is 0. The van der Waals surface area contributed by atoms with E-state index in [1.54, 1.807) is 18.2 Å². The number of rotatable bonds is 4. The van der Waals surface area contributed by atoms with E-state index in [1.165, 1.54) is 12.1 Å². The summed E-state index contributed by atoms with van der Waals surface area (Å²) in [6.45, 7) is 1.15. The average Bonchev–Trinajstić information content (AvgIpc) is 2.16. The molecule has 0 saturated heterocycles. The van der Waals surface area contributed by atoms with E-state index < -0.39 is 16.2 Å². The van der Waals surface area contributed by atoms with Gasteiger partial charge in [-0.3, -0.25) is 0 Å². The van der Waals surface area contributed by atoms with E-state index in [-0.39, 0.29) is 56.9 Å². The van der Waals surface area contributed by atoms with Crippen LogP contribution in [-0.4, -0.2) is 18.1 Å². The van der Waals surface area contributed by atoms with Gasteiger partial charge >= 0.3 is 51.4 Å². The molecular formula is C8H9KO6S. The Morgan fingerprint density at radius 1 is 1.31 bits per heavy atom. The van der Waals surface area contributed by atoms with E-state index in [0.29, 0.717) is 0 Å². The molecule has 0 spiro atoms. The van der Waals surface area contributed by atoms with Gasteiger partial charge in [0.15, 0.2) is 0 Å². The van der Waals surface area contributed by atoms with Crippen molar-refractivity contribution in [3.8, 4) is 0 Å². The van der Waals surface area contributed by atoms with Gasteiger partial charge in [0.2, 0.25) is 16.2 Å². The van der Waals surface area contributed by atoms with Gasteiger partial charge in [-0.05, 0) is 6.92 Å². The van der Waals surface area contributed by atoms with Gasteiger partial charge in [-0.1, -0.05) is 30.3 Å². The van der Waals surface area contributed by atoms with Gasteiger partial charge in [-0.2, -0.15) is 4.89 Å². The summed E-state index contributed by atoms with van der Waals surface area (Å²) in [5.74, 6) is -2.00. The van der Waals surface area contributed by atoms with Crippen LogP contribution in [0.5, 0.6) is 0 Å². The number of hydrogen-bond donors (Lipinski definition) is 1. The monoisotopic (exact) mass is 272 g/mol. The van der Waals surface area contributed by atoms with E-state index in [9.17, 15) is 18.1 Å². The first-order valence-electron chi connectivity index (χ1n) is 3.92. The molecule has 1 N–H and O–H groups in total. The van der Waals surface area contributed by atoms with Crippen molar-refractivity contribution in [2.45, 2.75) is 12.7 Å². The first-order chi connectivity index (χ1) is 6.81. The van der Waals surface area contributed by atoms with Crippen LogP contribution in [0.15, 0.2) is 30.3 Å². The molecule has 8 heteroatoms. The Morgan fingerprint density at radius 3 is 2.25 bits per heavy atom. The van der Waals surface area contributed by atoms with Crippen molar-refractivity contribution in [1.29, 1.82) is 0 Å². The molecule has 0 amide bonds. The fraction of sp³-hybridized carbons (Fsp3) is 0.250. The smallest absolute Gasteiger partial charge is 0.724 e. The minimum atomic E-state index is -5.00. The molecule has 0 bridgehead atoms. The van der Waals surface area contributed by atoms with Gasteiger partial charge in [0.25, 0.3) is 0 Å². The maximum absolute atomic E-state index is 10.1. The second-order valence-electron chi connectivity index (χ2n) is 2.91.